The zero-order valence-corrected chi connectivity index (χ0v) is 11.2. The van der Waals surface area contributed by atoms with E-state index in [9.17, 15) is 4.79 Å². The lowest BCUT2D eigenvalue weighted by atomic mass is 9.95. The summed E-state index contributed by atoms with van der Waals surface area (Å²) in [6, 6.07) is 7.73. The fourth-order valence-electron chi connectivity index (χ4n) is 2.28. The summed E-state index contributed by atoms with van der Waals surface area (Å²) < 4.78 is 0. The molecule has 0 saturated heterocycles. The summed E-state index contributed by atoms with van der Waals surface area (Å²) in [4.78, 5) is 11.8. The molecule has 0 aromatic heterocycles. The number of carbonyl (C=O) groups is 1. The minimum Gasteiger partial charge on any atom is -0.376 e. The molecule has 2 N–H and O–H groups in total. The smallest absolute Gasteiger partial charge is 0.239 e. The molecule has 1 fully saturated rings. The van der Waals surface area contributed by atoms with Gasteiger partial charge in [0.2, 0.25) is 5.91 Å². The highest BCUT2D eigenvalue weighted by Crippen LogP contribution is 2.17. The first-order valence-corrected chi connectivity index (χ1v) is 6.90. The minimum absolute atomic E-state index is 0.0665. The Morgan fingerprint density at radius 3 is 2.50 bits per heavy atom. The molecule has 0 bridgehead atoms. The van der Waals surface area contributed by atoms with E-state index in [1.807, 2.05) is 24.3 Å². The monoisotopic (exact) mass is 266 g/mol. The van der Waals surface area contributed by atoms with Crippen LogP contribution in [0.25, 0.3) is 0 Å². The Kier molecular flexibility index (Phi) is 4.88. The highest BCUT2D eigenvalue weighted by atomic mass is 35.5. The van der Waals surface area contributed by atoms with Crippen molar-refractivity contribution in [1.82, 2.24) is 5.32 Å². The summed E-state index contributed by atoms with van der Waals surface area (Å²) in [6.07, 6.45) is 6.00. The molecule has 0 unspecified atom stereocenters. The summed E-state index contributed by atoms with van der Waals surface area (Å²) in [5.74, 6) is 0.0665. The van der Waals surface area contributed by atoms with Gasteiger partial charge < -0.3 is 10.6 Å². The van der Waals surface area contributed by atoms with Crippen LogP contribution in [0.2, 0.25) is 5.02 Å². The molecule has 4 heteroatoms. The molecule has 0 radical (unpaired) electrons. The Hall–Kier alpha value is -1.22. The first kappa shape index (κ1) is 13.2. The molecule has 18 heavy (non-hydrogen) atoms. The van der Waals surface area contributed by atoms with Crippen LogP contribution in [0.1, 0.15) is 32.1 Å². The van der Waals surface area contributed by atoms with Crippen molar-refractivity contribution < 1.29 is 4.79 Å². The van der Waals surface area contributed by atoms with Gasteiger partial charge in [-0.05, 0) is 37.1 Å². The lowest BCUT2D eigenvalue weighted by molar-refractivity contribution is -0.120. The SMILES string of the molecule is O=C(CNc1ccc(Cl)cc1)NC1CCCCC1. The van der Waals surface area contributed by atoms with Gasteiger partial charge in [0.25, 0.3) is 0 Å². The molecule has 1 aromatic rings. The standard InChI is InChI=1S/C14H19ClN2O/c15-11-6-8-12(9-7-11)16-10-14(18)17-13-4-2-1-3-5-13/h6-9,13,16H,1-5,10H2,(H,17,18). The van der Waals surface area contributed by atoms with Crippen LogP contribution in [0, 0.1) is 0 Å². The van der Waals surface area contributed by atoms with Crippen molar-refractivity contribution in [2.75, 3.05) is 11.9 Å². The molecule has 98 valence electrons. The van der Waals surface area contributed by atoms with Crippen LogP contribution in [-0.4, -0.2) is 18.5 Å². The predicted octanol–water partition coefficient (Wildman–Crippen LogP) is 3.20. The minimum atomic E-state index is 0.0665. The fraction of sp³-hybridized carbons (Fsp3) is 0.500. The van der Waals surface area contributed by atoms with E-state index in [2.05, 4.69) is 10.6 Å². The van der Waals surface area contributed by atoms with Gasteiger partial charge in [-0.3, -0.25) is 4.79 Å². The average molecular weight is 267 g/mol. The molecule has 0 aliphatic heterocycles. The van der Waals surface area contributed by atoms with Crippen molar-refractivity contribution in [2.45, 2.75) is 38.1 Å². The number of halogens is 1. The Balaban J connectivity index is 1.72. The van der Waals surface area contributed by atoms with E-state index in [4.69, 9.17) is 11.6 Å². The first-order chi connectivity index (χ1) is 8.74. The summed E-state index contributed by atoms with van der Waals surface area (Å²) in [7, 11) is 0. The molecular weight excluding hydrogens is 248 g/mol. The van der Waals surface area contributed by atoms with Crippen molar-refractivity contribution in [1.29, 1.82) is 0 Å². The van der Waals surface area contributed by atoms with E-state index in [1.165, 1.54) is 19.3 Å². The van der Waals surface area contributed by atoms with Gasteiger partial charge in [0.05, 0.1) is 6.54 Å². The number of amides is 1. The summed E-state index contributed by atoms with van der Waals surface area (Å²) in [6.45, 7) is 0.318. The topological polar surface area (TPSA) is 41.1 Å². The van der Waals surface area contributed by atoms with Crippen LogP contribution in [0.15, 0.2) is 24.3 Å². The summed E-state index contributed by atoms with van der Waals surface area (Å²) >= 11 is 5.80. The van der Waals surface area contributed by atoms with Crippen LogP contribution in [0.5, 0.6) is 0 Å². The van der Waals surface area contributed by atoms with Crippen LogP contribution < -0.4 is 10.6 Å². The second-order valence-corrected chi connectivity index (χ2v) is 5.20. The van der Waals surface area contributed by atoms with Crippen LogP contribution in [0.4, 0.5) is 5.69 Å². The van der Waals surface area contributed by atoms with Crippen LogP contribution >= 0.6 is 11.6 Å². The van der Waals surface area contributed by atoms with Gasteiger partial charge in [-0.1, -0.05) is 30.9 Å². The number of hydrogen-bond donors (Lipinski definition) is 2. The zero-order valence-electron chi connectivity index (χ0n) is 10.4. The number of nitrogens with one attached hydrogen (secondary N) is 2. The number of hydrogen-bond acceptors (Lipinski definition) is 2. The van der Waals surface area contributed by atoms with Gasteiger partial charge in [0, 0.05) is 16.8 Å². The van der Waals surface area contributed by atoms with Crippen LogP contribution in [-0.2, 0) is 4.79 Å². The predicted molar refractivity (Wildman–Crippen MR) is 75.0 cm³/mol. The molecule has 3 nitrogen and oxygen atoms in total. The van der Waals surface area contributed by atoms with Gasteiger partial charge in [0.15, 0.2) is 0 Å². The third kappa shape index (κ3) is 4.22. The van der Waals surface area contributed by atoms with E-state index in [1.54, 1.807) is 0 Å². The fourth-order valence-corrected chi connectivity index (χ4v) is 2.40. The Morgan fingerprint density at radius 2 is 1.83 bits per heavy atom. The molecule has 0 heterocycles. The molecule has 0 atom stereocenters. The first-order valence-electron chi connectivity index (χ1n) is 6.53. The van der Waals surface area contributed by atoms with Crippen molar-refractivity contribution in [3.8, 4) is 0 Å². The third-order valence-electron chi connectivity index (χ3n) is 3.27. The van der Waals surface area contributed by atoms with E-state index in [0.29, 0.717) is 17.6 Å². The number of benzene rings is 1. The number of rotatable bonds is 4. The molecule has 1 saturated carbocycles. The van der Waals surface area contributed by atoms with Crippen LogP contribution in [0.3, 0.4) is 0 Å². The van der Waals surface area contributed by atoms with Gasteiger partial charge in [-0.15, -0.1) is 0 Å². The lowest BCUT2D eigenvalue weighted by Crippen LogP contribution is -2.39. The summed E-state index contributed by atoms with van der Waals surface area (Å²) in [5, 5.41) is 6.86. The van der Waals surface area contributed by atoms with E-state index >= 15 is 0 Å². The maximum absolute atomic E-state index is 11.8. The molecule has 0 spiro atoms. The largest absolute Gasteiger partial charge is 0.376 e. The number of carbonyl (C=O) groups excluding carboxylic acids is 1. The normalized spacial score (nSPS) is 16.3. The second kappa shape index (κ2) is 6.64. The molecule has 2 rings (SSSR count). The van der Waals surface area contributed by atoms with E-state index < -0.39 is 0 Å². The second-order valence-electron chi connectivity index (χ2n) is 4.76. The van der Waals surface area contributed by atoms with Gasteiger partial charge in [0.1, 0.15) is 0 Å². The van der Waals surface area contributed by atoms with Crippen molar-refractivity contribution in [3.05, 3.63) is 29.3 Å². The Bertz CT molecular complexity index is 385. The maximum atomic E-state index is 11.8. The van der Waals surface area contributed by atoms with Crippen molar-refractivity contribution in [2.24, 2.45) is 0 Å². The maximum Gasteiger partial charge on any atom is 0.239 e. The molecule has 1 aliphatic rings. The zero-order chi connectivity index (χ0) is 12.8. The van der Waals surface area contributed by atoms with Crippen molar-refractivity contribution in [3.63, 3.8) is 0 Å². The Morgan fingerprint density at radius 1 is 1.17 bits per heavy atom. The quantitative estimate of drug-likeness (QED) is 0.879. The number of anilines is 1. The lowest BCUT2D eigenvalue weighted by Gasteiger charge is -2.22. The molecular formula is C14H19ClN2O. The summed E-state index contributed by atoms with van der Waals surface area (Å²) in [5.41, 5.74) is 0.915. The van der Waals surface area contributed by atoms with E-state index in [0.717, 1.165) is 18.5 Å². The van der Waals surface area contributed by atoms with Gasteiger partial charge in [-0.25, -0.2) is 0 Å². The molecule has 1 aliphatic carbocycles. The van der Waals surface area contributed by atoms with Gasteiger partial charge in [-0.2, -0.15) is 0 Å². The highest BCUT2D eigenvalue weighted by Gasteiger charge is 2.15. The highest BCUT2D eigenvalue weighted by molar-refractivity contribution is 6.30. The molecule has 1 amide bonds. The average Bonchev–Trinajstić information content (AvgIpc) is 2.39. The third-order valence-corrected chi connectivity index (χ3v) is 3.52. The Labute approximate surface area is 113 Å². The van der Waals surface area contributed by atoms with Crippen molar-refractivity contribution >= 4 is 23.2 Å². The molecule has 1 aromatic carbocycles. The van der Waals surface area contributed by atoms with E-state index in [-0.39, 0.29) is 5.91 Å². The van der Waals surface area contributed by atoms with Gasteiger partial charge >= 0.3 is 0 Å².